The van der Waals surface area contributed by atoms with Gasteiger partial charge in [0.25, 0.3) is 0 Å². The average molecular weight is 491 g/mol. The lowest BCUT2D eigenvalue weighted by Crippen LogP contribution is -2.06. The molecule has 0 saturated carbocycles. The Morgan fingerprint density at radius 2 is 1.38 bits per heavy atom. The SMILES string of the molecule is CCOC(=O)/C(=C/c1cc(N=C=Nc2ccc(Cl)cc2)ccc1C)N=C=Nc1ccc(Cl)cc1. The Morgan fingerprint density at radius 1 is 0.853 bits per heavy atom. The Kier molecular flexibility index (Phi) is 9.10. The Balaban J connectivity index is 1.90. The summed E-state index contributed by atoms with van der Waals surface area (Å²) in [4.78, 5) is 29.1. The number of hydrogen-bond donors (Lipinski definition) is 0. The van der Waals surface area contributed by atoms with Gasteiger partial charge in [-0.1, -0.05) is 29.3 Å². The molecular formula is C26H20Cl2N4O2. The van der Waals surface area contributed by atoms with Crippen molar-refractivity contribution in [3.8, 4) is 0 Å². The van der Waals surface area contributed by atoms with Crippen LogP contribution >= 0.6 is 23.2 Å². The molecule has 3 rings (SSSR count). The van der Waals surface area contributed by atoms with Crippen LogP contribution in [0.25, 0.3) is 6.08 Å². The van der Waals surface area contributed by atoms with Crippen molar-refractivity contribution < 1.29 is 9.53 Å². The summed E-state index contributed by atoms with van der Waals surface area (Å²) in [5.74, 6) is -0.584. The van der Waals surface area contributed by atoms with Gasteiger partial charge in [0.15, 0.2) is 5.70 Å². The minimum absolute atomic E-state index is 0.0543. The van der Waals surface area contributed by atoms with E-state index in [4.69, 9.17) is 27.9 Å². The number of halogens is 2. The summed E-state index contributed by atoms with van der Waals surface area (Å²) in [7, 11) is 0. The summed E-state index contributed by atoms with van der Waals surface area (Å²) in [5, 5.41) is 1.23. The third-order valence-electron chi connectivity index (χ3n) is 4.40. The lowest BCUT2D eigenvalue weighted by Gasteiger charge is -2.04. The normalized spacial score (nSPS) is 10.5. The van der Waals surface area contributed by atoms with Crippen molar-refractivity contribution >= 4 is 64.3 Å². The summed E-state index contributed by atoms with van der Waals surface area (Å²) in [6.45, 7) is 3.85. The number of aliphatic imine (C=N–C) groups is 4. The smallest absolute Gasteiger partial charge is 0.357 e. The molecule has 0 bridgehead atoms. The maximum atomic E-state index is 12.4. The van der Waals surface area contributed by atoms with Crippen LogP contribution in [0, 0.1) is 6.92 Å². The molecule has 0 aliphatic carbocycles. The van der Waals surface area contributed by atoms with Crippen molar-refractivity contribution in [2.24, 2.45) is 20.0 Å². The molecule has 0 saturated heterocycles. The highest BCUT2D eigenvalue weighted by Gasteiger charge is 2.10. The predicted molar refractivity (Wildman–Crippen MR) is 137 cm³/mol. The van der Waals surface area contributed by atoms with Gasteiger partial charge >= 0.3 is 5.97 Å². The molecule has 170 valence electrons. The number of ether oxygens (including phenoxy) is 1. The van der Waals surface area contributed by atoms with Crippen LogP contribution < -0.4 is 0 Å². The molecule has 6 nitrogen and oxygen atoms in total. The molecular weight excluding hydrogens is 471 g/mol. The zero-order chi connectivity index (χ0) is 24.3. The number of carbonyl (C=O) groups is 1. The van der Waals surface area contributed by atoms with E-state index in [1.54, 1.807) is 67.6 Å². The quantitative estimate of drug-likeness (QED) is 0.192. The topological polar surface area (TPSA) is 75.7 Å². The summed E-state index contributed by atoms with van der Waals surface area (Å²) < 4.78 is 5.13. The maximum absolute atomic E-state index is 12.4. The number of hydrogen-bond acceptors (Lipinski definition) is 6. The Bertz CT molecular complexity index is 1320. The van der Waals surface area contributed by atoms with E-state index in [9.17, 15) is 4.79 Å². The third kappa shape index (κ3) is 7.66. The molecule has 0 radical (unpaired) electrons. The molecule has 0 aliphatic heterocycles. The largest absolute Gasteiger partial charge is 0.461 e. The first-order chi connectivity index (χ1) is 16.4. The fourth-order valence-corrected chi connectivity index (χ4v) is 2.90. The van der Waals surface area contributed by atoms with E-state index in [1.807, 2.05) is 19.1 Å². The number of esters is 1. The lowest BCUT2D eigenvalue weighted by molar-refractivity contribution is -0.138. The summed E-state index contributed by atoms with van der Waals surface area (Å²) in [6.07, 6.45) is 1.60. The summed E-state index contributed by atoms with van der Waals surface area (Å²) in [6, 6.07) is 24.6. The molecule has 0 fully saturated rings. The predicted octanol–water partition coefficient (Wildman–Crippen LogP) is 7.85. The molecule has 0 heterocycles. The minimum Gasteiger partial charge on any atom is -0.461 e. The van der Waals surface area contributed by atoms with Crippen LogP contribution in [0.3, 0.4) is 0 Å². The Morgan fingerprint density at radius 3 is 1.97 bits per heavy atom. The van der Waals surface area contributed by atoms with Gasteiger partial charge in [0.1, 0.15) is 12.0 Å². The van der Waals surface area contributed by atoms with Crippen LogP contribution in [0.5, 0.6) is 0 Å². The first-order valence-corrected chi connectivity index (χ1v) is 11.0. The van der Waals surface area contributed by atoms with Crippen LogP contribution in [0.2, 0.25) is 10.0 Å². The molecule has 34 heavy (non-hydrogen) atoms. The number of carbonyl (C=O) groups excluding carboxylic acids is 1. The van der Waals surface area contributed by atoms with Crippen molar-refractivity contribution in [1.29, 1.82) is 0 Å². The van der Waals surface area contributed by atoms with Gasteiger partial charge in [-0.2, -0.15) is 20.0 Å². The lowest BCUT2D eigenvalue weighted by atomic mass is 10.1. The fourth-order valence-electron chi connectivity index (χ4n) is 2.65. The van der Waals surface area contributed by atoms with Crippen molar-refractivity contribution in [2.45, 2.75) is 13.8 Å². The molecule has 3 aromatic rings. The Labute approximate surface area is 207 Å². The van der Waals surface area contributed by atoms with Gasteiger partial charge in [-0.3, -0.25) is 0 Å². The van der Waals surface area contributed by atoms with Gasteiger partial charge < -0.3 is 4.74 Å². The van der Waals surface area contributed by atoms with Crippen LogP contribution in [-0.4, -0.2) is 24.6 Å². The molecule has 3 aromatic carbocycles. The molecule has 0 unspecified atom stereocenters. The van der Waals surface area contributed by atoms with Crippen LogP contribution in [0.1, 0.15) is 18.1 Å². The minimum atomic E-state index is -0.584. The molecule has 8 heteroatoms. The second-order valence-corrected chi connectivity index (χ2v) is 7.76. The van der Waals surface area contributed by atoms with E-state index < -0.39 is 5.97 Å². The zero-order valence-corrected chi connectivity index (χ0v) is 20.0. The first kappa shape index (κ1) is 24.8. The summed E-state index contributed by atoms with van der Waals surface area (Å²) >= 11 is 11.8. The van der Waals surface area contributed by atoms with E-state index in [0.717, 1.165) is 11.1 Å². The monoisotopic (exact) mass is 490 g/mol. The van der Waals surface area contributed by atoms with Gasteiger partial charge in [-0.15, -0.1) is 0 Å². The van der Waals surface area contributed by atoms with E-state index in [1.165, 1.54) is 0 Å². The number of benzene rings is 3. The van der Waals surface area contributed by atoms with Gasteiger partial charge in [0, 0.05) is 10.0 Å². The van der Waals surface area contributed by atoms with Crippen molar-refractivity contribution in [3.63, 3.8) is 0 Å². The van der Waals surface area contributed by atoms with Crippen molar-refractivity contribution in [1.82, 2.24) is 0 Å². The van der Waals surface area contributed by atoms with Gasteiger partial charge in [0.05, 0.1) is 23.7 Å². The average Bonchev–Trinajstić information content (AvgIpc) is 2.83. The van der Waals surface area contributed by atoms with Crippen LogP contribution in [0.4, 0.5) is 17.1 Å². The molecule has 0 aliphatic rings. The number of nitrogens with zero attached hydrogens (tertiary/aromatic N) is 4. The molecule has 0 aromatic heterocycles. The van der Waals surface area contributed by atoms with E-state index >= 15 is 0 Å². The molecule has 0 N–H and O–H groups in total. The third-order valence-corrected chi connectivity index (χ3v) is 4.90. The molecule has 0 atom stereocenters. The van der Waals surface area contributed by atoms with Crippen LogP contribution in [-0.2, 0) is 9.53 Å². The standard InChI is InChI=1S/C26H20Cl2N4O2/c1-3-34-26(33)25(32-17-30-23-12-7-21(28)8-13-23)15-19-14-24(9-4-18(19)2)31-16-29-22-10-5-20(27)6-11-22/h4-15H,3H2,1-2H3/b25-15-. The molecule has 0 spiro atoms. The maximum Gasteiger partial charge on any atom is 0.357 e. The zero-order valence-electron chi connectivity index (χ0n) is 18.5. The van der Waals surface area contributed by atoms with Gasteiger partial charge in [-0.05, 0) is 91.7 Å². The second-order valence-electron chi connectivity index (χ2n) is 6.89. The van der Waals surface area contributed by atoms with E-state index in [-0.39, 0.29) is 12.3 Å². The number of rotatable bonds is 7. The summed E-state index contributed by atoms with van der Waals surface area (Å²) in [5.41, 5.74) is 3.59. The van der Waals surface area contributed by atoms with Gasteiger partial charge in [-0.25, -0.2) is 4.79 Å². The number of aryl methyl sites for hydroxylation is 1. The Hall–Kier alpha value is -3.79. The van der Waals surface area contributed by atoms with E-state index in [0.29, 0.717) is 27.1 Å². The molecule has 0 amide bonds. The van der Waals surface area contributed by atoms with Crippen molar-refractivity contribution in [2.75, 3.05) is 6.61 Å². The van der Waals surface area contributed by atoms with Gasteiger partial charge in [0.2, 0.25) is 0 Å². The highest BCUT2D eigenvalue weighted by molar-refractivity contribution is 6.30. The fraction of sp³-hybridized carbons (Fsp3) is 0.115. The first-order valence-electron chi connectivity index (χ1n) is 10.3. The second kappa shape index (κ2) is 12.4. The van der Waals surface area contributed by atoms with Crippen LogP contribution in [0.15, 0.2) is 92.4 Å². The highest BCUT2D eigenvalue weighted by Crippen LogP contribution is 2.22. The van der Waals surface area contributed by atoms with E-state index in [2.05, 4.69) is 32.0 Å². The highest BCUT2D eigenvalue weighted by atomic mass is 35.5. The van der Waals surface area contributed by atoms with Crippen molar-refractivity contribution in [3.05, 3.63) is 93.6 Å².